The Balaban J connectivity index is 2.09. The van der Waals surface area contributed by atoms with Gasteiger partial charge >= 0.3 is 0 Å². The Morgan fingerprint density at radius 1 is 1.26 bits per heavy atom. The van der Waals surface area contributed by atoms with Crippen LogP contribution in [0.5, 0.6) is 0 Å². The van der Waals surface area contributed by atoms with Crippen LogP contribution in [0.4, 0.5) is 5.69 Å². The van der Waals surface area contributed by atoms with Crippen molar-refractivity contribution in [2.75, 3.05) is 11.4 Å². The van der Waals surface area contributed by atoms with Gasteiger partial charge in [-0.1, -0.05) is 32.4 Å². The highest BCUT2D eigenvalue weighted by Gasteiger charge is 2.56. The summed E-state index contributed by atoms with van der Waals surface area (Å²) in [4.78, 5) is 6.87. The number of aryl methyl sites for hydroxylation is 1. The van der Waals surface area contributed by atoms with Crippen molar-refractivity contribution in [2.45, 2.75) is 45.6 Å². The highest BCUT2D eigenvalue weighted by atomic mass is 15.4. The summed E-state index contributed by atoms with van der Waals surface area (Å²) >= 11 is 0. The first-order valence-electron chi connectivity index (χ1n) is 7.13. The fourth-order valence-corrected chi connectivity index (χ4v) is 3.82. The van der Waals surface area contributed by atoms with Crippen LogP contribution in [0, 0.1) is 12.3 Å². The van der Waals surface area contributed by atoms with Gasteiger partial charge in [-0.2, -0.15) is 0 Å². The maximum absolute atomic E-state index is 6.21. The molecular formula is C16H23N3. The molecule has 1 unspecified atom stereocenters. The summed E-state index contributed by atoms with van der Waals surface area (Å²) in [6.45, 7) is 7.67. The van der Waals surface area contributed by atoms with E-state index in [0.717, 1.165) is 6.54 Å². The fourth-order valence-electron chi connectivity index (χ4n) is 3.82. The summed E-state index contributed by atoms with van der Waals surface area (Å²) in [5.41, 5.74) is 8.99. The smallest absolute Gasteiger partial charge is 0.196 e. The molecule has 2 N–H and O–H groups in total. The molecule has 1 aliphatic carbocycles. The van der Waals surface area contributed by atoms with Gasteiger partial charge in [-0.3, -0.25) is 4.99 Å². The molecule has 3 heteroatoms. The third kappa shape index (κ3) is 1.67. The summed E-state index contributed by atoms with van der Waals surface area (Å²) in [5.74, 6) is 0.681. The minimum Gasteiger partial charge on any atom is -0.369 e. The van der Waals surface area contributed by atoms with E-state index in [4.69, 9.17) is 5.73 Å². The molecule has 0 radical (unpaired) electrons. The lowest BCUT2D eigenvalue weighted by Gasteiger charge is -2.45. The summed E-state index contributed by atoms with van der Waals surface area (Å²) in [5, 5.41) is 0. The van der Waals surface area contributed by atoms with Crippen molar-refractivity contribution in [1.29, 1.82) is 0 Å². The summed E-state index contributed by atoms with van der Waals surface area (Å²) in [7, 11) is 0. The van der Waals surface area contributed by atoms with Gasteiger partial charge in [-0.15, -0.1) is 0 Å². The van der Waals surface area contributed by atoms with Gasteiger partial charge in [0.25, 0.3) is 0 Å². The highest BCUT2D eigenvalue weighted by Crippen LogP contribution is 2.52. The molecule has 1 spiro atoms. The number of benzene rings is 1. The van der Waals surface area contributed by atoms with Crippen LogP contribution in [-0.4, -0.2) is 18.0 Å². The molecule has 1 fully saturated rings. The zero-order valence-electron chi connectivity index (χ0n) is 12.1. The SMILES string of the molecule is Cc1cccc(N2C(N)=NCC23CCCC3(C)C)c1. The molecule has 3 rings (SSSR count). The number of anilines is 1. The molecule has 0 saturated heterocycles. The van der Waals surface area contributed by atoms with Gasteiger partial charge in [0.2, 0.25) is 0 Å². The third-order valence-corrected chi connectivity index (χ3v) is 5.07. The molecule has 0 bridgehead atoms. The minimum absolute atomic E-state index is 0.0743. The van der Waals surface area contributed by atoms with Gasteiger partial charge < -0.3 is 10.6 Å². The number of hydrogen-bond donors (Lipinski definition) is 1. The minimum atomic E-state index is 0.0743. The number of nitrogens with zero attached hydrogens (tertiary/aromatic N) is 2. The Bertz CT molecular complexity index is 533. The molecule has 1 atom stereocenters. The van der Waals surface area contributed by atoms with Crippen LogP contribution in [0.2, 0.25) is 0 Å². The topological polar surface area (TPSA) is 41.6 Å². The Morgan fingerprint density at radius 2 is 2.05 bits per heavy atom. The zero-order chi connectivity index (χ0) is 13.7. The van der Waals surface area contributed by atoms with Crippen molar-refractivity contribution >= 4 is 11.6 Å². The molecule has 0 aromatic heterocycles. The molecule has 19 heavy (non-hydrogen) atoms. The number of nitrogens with two attached hydrogens (primary N) is 1. The van der Waals surface area contributed by atoms with Crippen LogP contribution in [0.15, 0.2) is 29.3 Å². The second kappa shape index (κ2) is 3.99. The zero-order valence-corrected chi connectivity index (χ0v) is 12.1. The van der Waals surface area contributed by atoms with E-state index in [0.29, 0.717) is 5.96 Å². The average Bonchev–Trinajstić information content (AvgIpc) is 2.82. The quantitative estimate of drug-likeness (QED) is 0.840. The van der Waals surface area contributed by atoms with Crippen molar-refractivity contribution < 1.29 is 0 Å². The van der Waals surface area contributed by atoms with E-state index >= 15 is 0 Å². The van der Waals surface area contributed by atoms with Gasteiger partial charge in [-0.25, -0.2) is 0 Å². The predicted octanol–water partition coefficient (Wildman–Crippen LogP) is 3.08. The number of guanidine groups is 1. The summed E-state index contributed by atoms with van der Waals surface area (Å²) in [6, 6.07) is 8.59. The lowest BCUT2D eigenvalue weighted by molar-refractivity contribution is 0.227. The van der Waals surface area contributed by atoms with Crippen LogP contribution in [0.25, 0.3) is 0 Å². The van der Waals surface area contributed by atoms with Gasteiger partial charge in [0.1, 0.15) is 0 Å². The molecule has 3 nitrogen and oxygen atoms in total. The Morgan fingerprint density at radius 3 is 2.68 bits per heavy atom. The Labute approximate surface area is 115 Å². The maximum Gasteiger partial charge on any atom is 0.196 e. The molecule has 1 aliphatic heterocycles. The Kier molecular flexibility index (Phi) is 2.63. The van der Waals surface area contributed by atoms with E-state index in [1.165, 1.54) is 30.5 Å². The maximum atomic E-state index is 6.21. The standard InChI is InChI=1S/C16H23N3/c1-12-6-4-7-13(10-12)19-14(17)18-11-16(19)9-5-8-15(16,2)3/h4,6-7,10H,5,8-9,11H2,1-3H3,(H2,17,18). The van der Waals surface area contributed by atoms with Crippen LogP contribution in [0.1, 0.15) is 38.7 Å². The van der Waals surface area contributed by atoms with Crippen molar-refractivity contribution in [3.05, 3.63) is 29.8 Å². The van der Waals surface area contributed by atoms with E-state index in [1.807, 2.05) is 0 Å². The lowest BCUT2D eigenvalue weighted by atomic mass is 9.74. The molecular weight excluding hydrogens is 234 g/mol. The first kappa shape index (κ1) is 12.5. The van der Waals surface area contributed by atoms with Gasteiger partial charge in [-0.05, 0) is 42.9 Å². The van der Waals surface area contributed by atoms with Gasteiger partial charge in [0.05, 0.1) is 12.1 Å². The number of rotatable bonds is 1. The molecule has 102 valence electrons. The van der Waals surface area contributed by atoms with Gasteiger partial charge in [0.15, 0.2) is 5.96 Å². The summed E-state index contributed by atoms with van der Waals surface area (Å²) in [6.07, 6.45) is 3.69. The largest absolute Gasteiger partial charge is 0.369 e. The fraction of sp³-hybridized carbons (Fsp3) is 0.562. The van der Waals surface area contributed by atoms with E-state index in [9.17, 15) is 0 Å². The van der Waals surface area contributed by atoms with Crippen LogP contribution < -0.4 is 10.6 Å². The van der Waals surface area contributed by atoms with Crippen molar-refractivity contribution in [2.24, 2.45) is 16.1 Å². The normalized spacial score (nSPS) is 29.0. The van der Waals surface area contributed by atoms with Crippen LogP contribution >= 0.6 is 0 Å². The van der Waals surface area contributed by atoms with Crippen molar-refractivity contribution in [3.8, 4) is 0 Å². The van der Waals surface area contributed by atoms with E-state index in [1.54, 1.807) is 0 Å². The second-order valence-electron chi connectivity index (χ2n) is 6.62. The highest BCUT2D eigenvalue weighted by molar-refractivity contribution is 5.98. The van der Waals surface area contributed by atoms with Crippen LogP contribution in [-0.2, 0) is 0 Å². The predicted molar refractivity (Wildman–Crippen MR) is 80.5 cm³/mol. The molecule has 1 aromatic rings. The molecule has 1 saturated carbocycles. The first-order chi connectivity index (χ1) is 8.96. The van der Waals surface area contributed by atoms with E-state index in [2.05, 4.69) is 54.9 Å². The van der Waals surface area contributed by atoms with Gasteiger partial charge in [0, 0.05) is 5.69 Å². The molecule has 1 aromatic carbocycles. The first-order valence-corrected chi connectivity index (χ1v) is 7.13. The van der Waals surface area contributed by atoms with Crippen molar-refractivity contribution in [1.82, 2.24) is 0 Å². The molecule has 0 amide bonds. The number of hydrogen-bond acceptors (Lipinski definition) is 3. The molecule has 1 heterocycles. The summed E-state index contributed by atoms with van der Waals surface area (Å²) < 4.78 is 0. The van der Waals surface area contributed by atoms with Crippen molar-refractivity contribution in [3.63, 3.8) is 0 Å². The Hall–Kier alpha value is -1.51. The molecule has 2 aliphatic rings. The average molecular weight is 257 g/mol. The van der Waals surface area contributed by atoms with Crippen LogP contribution in [0.3, 0.4) is 0 Å². The van der Waals surface area contributed by atoms with E-state index < -0.39 is 0 Å². The second-order valence-corrected chi connectivity index (χ2v) is 6.62. The third-order valence-electron chi connectivity index (χ3n) is 5.07. The van der Waals surface area contributed by atoms with E-state index in [-0.39, 0.29) is 11.0 Å². The monoisotopic (exact) mass is 257 g/mol. The lowest BCUT2D eigenvalue weighted by Crippen LogP contribution is -2.57. The number of aliphatic imine (C=N–C) groups is 1.